The van der Waals surface area contributed by atoms with E-state index in [4.69, 9.17) is 17.3 Å². The number of nitrogens with zero attached hydrogens (tertiary/aromatic N) is 3. The normalized spacial score (nSPS) is 11.4. The predicted octanol–water partition coefficient (Wildman–Crippen LogP) is 2.15. The fourth-order valence-corrected chi connectivity index (χ4v) is 1.88. The number of aryl methyl sites for hydroxylation is 1. The Morgan fingerprint density at radius 2 is 2.14 bits per heavy atom. The molecule has 0 bridgehead atoms. The average Bonchev–Trinajstić information content (AvgIpc) is 2.88. The zero-order valence-corrected chi connectivity index (χ0v) is 12.8. The quantitative estimate of drug-likeness (QED) is 0.886. The van der Waals surface area contributed by atoms with Crippen LogP contribution in [0.4, 0.5) is 5.69 Å². The molecule has 2 aromatic rings. The van der Waals surface area contributed by atoms with Crippen molar-refractivity contribution in [3.63, 3.8) is 0 Å². The molecule has 0 saturated carbocycles. The number of carbonyl (C=O) groups is 1. The first kappa shape index (κ1) is 15.5. The van der Waals surface area contributed by atoms with Crippen molar-refractivity contribution in [2.45, 2.75) is 32.4 Å². The number of para-hydroxylation sites is 1. The van der Waals surface area contributed by atoms with E-state index in [-0.39, 0.29) is 12.3 Å². The van der Waals surface area contributed by atoms with E-state index in [1.165, 1.54) is 0 Å². The second-order valence-electron chi connectivity index (χ2n) is 5.37. The number of benzene rings is 1. The van der Waals surface area contributed by atoms with E-state index in [9.17, 15) is 4.79 Å². The first-order valence-electron chi connectivity index (χ1n) is 6.60. The molecule has 0 fully saturated rings. The van der Waals surface area contributed by atoms with Crippen LogP contribution in [0.2, 0.25) is 5.02 Å². The monoisotopic (exact) mass is 307 g/mol. The highest BCUT2D eigenvalue weighted by molar-refractivity contribution is 6.33. The number of hydrogen-bond acceptors (Lipinski definition) is 4. The van der Waals surface area contributed by atoms with Crippen LogP contribution in [0.25, 0.3) is 0 Å². The Morgan fingerprint density at radius 3 is 2.76 bits per heavy atom. The van der Waals surface area contributed by atoms with Crippen LogP contribution < -0.4 is 11.1 Å². The molecule has 0 saturated heterocycles. The Kier molecular flexibility index (Phi) is 4.59. The number of amides is 1. The molecule has 1 heterocycles. The van der Waals surface area contributed by atoms with E-state index < -0.39 is 5.54 Å². The van der Waals surface area contributed by atoms with Crippen molar-refractivity contribution in [3.05, 3.63) is 41.2 Å². The maximum Gasteiger partial charge on any atom is 0.226 e. The van der Waals surface area contributed by atoms with Crippen molar-refractivity contribution >= 4 is 23.2 Å². The van der Waals surface area contributed by atoms with Crippen LogP contribution >= 0.6 is 11.6 Å². The molecule has 112 valence electrons. The molecule has 0 aliphatic rings. The lowest BCUT2D eigenvalue weighted by molar-refractivity contribution is -0.116. The number of nitrogens with one attached hydrogen (secondary N) is 1. The van der Waals surface area contributed by atoms with Gasteiger partial charge in [-0.3, -0.25) is 9.48 Å². The van der Waals surface area contributed by atoms with Gasteiger partial charge in [0.2, 0.25) is 5.91 Å². The first-order chi connectivity index (χ1) is 9.86. The highest BCUT2D eigenvalue weighted by Gasteiger charge is 2.18. The van der Waals surface area contributed by atoms with Gasteiger partial charge in [-0.15, -0.1) is 5.10 Å². The van der Waals surface area contributed by atoms with E-state index >= 15 is 0 Å². The fourth-order valence-electron chi connectivity index (χ4n) is 1.69. The van der Waals surface area contributed by atoms with Gasteiger partial charge < -0.3 is 11.1 Å². The van der Waals surface area contributed by atoms with E-state index in [2.05, 4.69) is 15.6 Å². The van der Waals surface area contributed by atoms with Crippen molar-refractivity contribution < 1.29 is 4.79 Å². The summed E-state index contributed by atoms with van der Waals surface area (Å²) in [6.45, 7) is 4.14. The number of halogens is 1. The van der Waals surface area contributed by atoms with Crippen molar-refractivity contribution in [1.82, 2.24) is 15.0 Å². The van der Waals surface area contributed by atoms with Crippen molar-refractivity contribution in [2.75, 3.05) is 5.32 Å². The van der Waals surface area contributed by atoms with Crippen LogP contribution in [0.15, 0.2) is 30.5 Å². The number of hydrogen-bond donors (Lipinski definition) is 2. The lowest BCUT2D eigenvalue weighted by atomic mass is 10.0. The molecule has 1 amide bonds. The number of aromatic nitrogens is 3. The largest absolute Gasteiger partial charge is 0.325 e. The van der Waals surface area contributed by atoms with Crippen molar-refractivity contribution in [3.8, 4) is 0 Å². The van der Waals surface area contributed by atoms with Crippen LogP contribution in [0, 0.1) is 0 Å². The predicted molar refractivity (Wildman–Crippen MR) is 81.9 cm³/mol. The van der Waals surface area contributed by atoms with Gasteiger partial charge in [0.1, 0.15) is 5.69 Å². The molecular weight excluding hydrogens is 290 g/mol. The standard InChI is InChI=1S/C14H18ClN5O/c1-14(2,16)12-9-20(19-18-12)8-7-13(21)17-11-6-4-3-5-10(11)15/h3-6,9H,7-8,16H2,1-2H3,(H,17,21). The summed E-state index contributed by atoms with van der Waals surface area (Å²) in [5.41, 5.74) is 6.68. The second-order valence-corrected chi connectivity index (χ2v) is 5.77. The van der Waals surface area contributed by atoms with Crippen LogP contribution in [0.3, 0.4) is 0 Å². The number of anilines is 1. The summed E-state index contributed by atoms with van der Waals surface area (Å²) in [6.07, 6.45) is 2.03. The maximum absolute atomic E-state index is 11.9. The molecule has 0 aliphatic heterocycles. The molecule has 2 rings (SSSR count). The van der Waals surface area contributed by atoms with Crippen LogP contribution in [-0.2, 0) is 16.9 Å². The Morgan fingerprint density at radius 1 is 1.43 bits per heavy atom. The molecule has 6 nitrogen and oxygen atoms in total. The lowest BCUT2D eigenvalue weighted by Gasteiger charge is -2.13. The molecule has 0 spiro atoms. The Labute approximate surface area is 128 Å². The number of rotatable bonds is 5. The molecule has 0 unspecified atom stereocenters. The average molecular weight is 308 g/mol. The zero-order chi connectivity index (χ0) is 15.5. The summed E-state index contributed by atoms with van der Waals surface area (Å²) in [6, 6.07) is 7.10. The van der Waals surface area contributed by atoms with Gasteiger partial charge in [-0.2, -0.15) is 0 Å². The highest BCUT2D eigenvalue weighted by atomic mass is 35.5. The Hall–Kier alpha value is -1.92. The van der Waals surface area contributed by atoms with Crippen LogP contribution in [0.5, 0.6) is 0 Å². The van der Waals surface area contributed by atoms with Gasteiger partial charge in [0.25, 0.3) is 0 Å². The molecular formula is C14H18ClN5O. The highest BCUT2D eigenvalue weighted by Crippen LogP contribution is 2.20. The minimum absolute atomic E-state index is 0.132. The van der Waals surface area contributed by atoms with Crippen LogP contribution in [0.1, 0.15) is 26.0 Å². The summed E-state index contributed by atoms with van der Waals surface area (Å²) < 4.78 is 1.61. The lowest BCUT2D eigenvalue weighted by Crippen LogP contribution is -2.29. The molecule has 21 heavy (non-hydrogen) atoms. The molecule has 0 aliphatic carbocycles. The molecule has 3 N–H and O–H groups in total. The molecule has 0 radical (unpaired) electrons. The third-order valence-corrected chi connectivity index (χ3v) is 3.24. The summed E-state index contributed by atoms with van der Waals surface area (Å²) in [5.74, 6) is -0.132. The van der Waals surface area contributed by atoms with E-state index in [0.717, 1.165) is 0 Å². The maximum atomic E-state index is 11.9. The fraction of sp³-hybridized carbons (Fsp3) is 0.357. The van der Waals surface area contributed by atoms with Gasteiger partial charge in [0, 0.05) is 6.42 Å². The Balaban J connectivity index is 1.90. The second kappa shape index (κ2) is 6.24. The smallest absolute Gasteiger partial charge is 0.226 e. The molecule has 7 heteroatoms. The molecule has 0 atom stereocenters. The van der Waals surface area contributed by atoms with Gasteiger partial charge in [-0.25, -0.2) is 0 Å². The van der Waals surface area contributed by atoms with Gasteiger partial charge >= 0.3 is 0 Å². The summed E-state index contributed by atoms with van der Waals surface area (Å²) in [4.78, 5) is 11.9. The topological polar surface area (TPSA) is 85.8 Å². The first-order valence-corrected chi connectivity index (χ1v) is 6.98. The molecule has 1 aromatic carbocycles. The molecule has 1 aromatic heterocycles. The SMILES string of the molecule is CC(C)(N)c1cn(CCC(=O)Nc2ccccc2Cl)nn1. The van der Waals surface area contributed by atoms with Crippen molar-refractivity contribution in [1.29, 1.82) is 0 Å². The van der Waals surface area contributed by atoms with Gasteiger partial charge in [-0.1, -0.05) is 28.9 Å². The number of carbonyl (C=O) groups excluding carboxylic acids is 1. The Bertz CT molecular complexity index is 632. The van der Waals surface area contributed by atoms with Crippen LogP contribution in [-0.4, -0.2) is 20.9 Å². The summed E-state index contributed by atoms with van der Waals surface area (Å²) >= 11 is 5.98. The van der Waals surface area contributed by atoms with Crippen molar-refractivity contribution in [2.24, 2.45) is 5.73 Å². The van der Waals surface area contributed by atoms with E-state index in [1.807, 2.05) is 26.0 Å². The third-order valence-electron chi connectivity index (χ3n) is 2.91. The third kappa shape index (κ3) is 4.27. The minimum atomic E-state index is -0.544. The zero-order valence-electron chi connectivity index (χ0n) is 12.0. The minimum Gasteiger partial charge on any atom is -0.325 e. The van der Waals surface area contributed by atoms with E-state index in [0.29, 0.717) is 22.9 Å². The van der Waals surface area contributed by atoms with Gasteiger partial charge in [0.15, 0.2) is 0 Å². The van der Waals surface area contributed by atoms with E-state index in [1.54, 1.807) is 23.0 Å². The van der Waals surface area contributed by atoms with Gasteiger partial charge in [0.05, 0.1) is 29.0 Å². The summed E-state index contributed by atoms with van der Waals surface area (Å²) in [7, 11) is 0. The van der Waals surface area contributed by atoms with Gasteiger partial charge in [-0.05, 0) is 26.0 Å². The number of nitrogens with two attached hydrogens (primary N) is 1. The summed E-state index contributed by atoms with van der Waals surface area (Å²) in [5, 5.41) is 11.2.